The normalized spacial score (nSPS) is 10.7. The Labute approximate surface area is 148 Å². The van der Waals surface area contributed by atoms with Crippen LogP contribution in [0.15, 0.2) is 59.5 Å². The van der Waals surface area contributed by atoms with Gasteiger partial charge in [-0.2, -0.15) is 0 Å². The molecule has 7 heteroatoms. The first-order valence-electron chi connectivity index (χ1n) is 7.02. The van der Waals surface area contributed by atoms with Crippen molar-refractivity contribution in [1.29, 1.82) is 0 Å². The minimum Gasteiger partial charge on any atom is -0.462 e. The van der Waals surface area contributed by atoms with E-state index in [1.807, 2.05) is 24.3 Å². The first kappa shape index (κ1) is 18.0. The molecule has 5 nitrogen and oxygen atoms in total. The van der Waals surface area contributed by atoms with E-state index in [2.05, 4.69) is 0 Å². The third-order valence-corrected chi connectivity index (χ3v) is 4.15. The second kappa shape index (κ2) is 9.10. The summed E-state index contributed by atoms with van der Waals surface area (Å²) in [6.07, 6.45) is 2.85. The molecule has 0 N–H and O–H groups in total. The second-order valence-corrected chi connectivity index (χ2v) is 6.26. The lowest BCUT2D eigenvalue weighted by atomic mass is 10.2. The largest absolute Gasteiger partial charge is 0.462 e. The third-order valence-electron chi connectivity index (χ3n) is 2.93. The van der Waals surface area contributed by atoms with Gasteiger partial charge in [0.1, 0.15) is 6.61 Å². The van der Waals surface area contributed by atoms with Crippen LogP contribution in [0.2, 0.25) is 5.02 Å². The Morgan fingerprint density at radius 1 is 1.17 bits per heavy atom. The van der Waals surface area contributed by atoms with E-state index in [1.165, 1.54) is 18.2 Å². The van der Waals surface area contributed by atoms with Crippen LogP contribution in [0.1, 0.15) is 5.56 Å². The van der Waals surface area contributed by atoms with Crippen LogP contribution in [0, 0.1) is 10.1 Å². The lowest BCUT2D eigenvalue weighted by Crippen LogP contribution is -2.03. The van der Waals surface area contributed by atoms with Crippen LogP contribution in [0.3, 0.4) is 0 Å². The van der Waals surface area contributed by atoms with E-state index in [9.17, 15) is 14.9 Å². The van der Waals surface area contributed by atoms with E-state index in [4.69, 9.17) is 16.3 Å². The van der Waals surface area contributed by atoms with Gasteiger partial charge in [0, 0.05) is 33.9 Å². The summed E-state index contributed by atoms with van der Waals surface area (Å²) in [4.78, 5) is 22.7. The molecule has 0 unspecified atom stereocenters. The summed E-state index contributed by atoms with van der Waals surface area (Å²) in [6, 6.07) is 13.3. The van der Waals surface area contributed by atoms with Gasteiger partial charge in [-0.3, -0.25) is 10.1 Å². The molecule has 0 aliphatic rings. The fraction of sp³-hybridized carbons (Fsp3) is 0.118. The van der Waals surface area contributed by atoms with Gasteiger partial charge in [-0.05, 0) is 48.0 Å². The van der Waals surface area contributed by atoms with Gasteiger partial charge >= 0.3 is 5.97 Å². The monoisotopic (exact) mass is 363 g/mol. The molecular weight excluding hydrogens is 350 g/mol. The summed E-state index contributed by atoms with van der Waals surface area (Å²) in [5.41, 5.74) is 0.696. The molecule has 0 saturated heterocycles. The van der Waals surface area contributed by atoms with Crippen molar-refractivity contribution in [3.63, 3.8) is 0 Å². The second-order valence-electron chi connectivity index (χ2n) is 4.65. The number of hydrogen-bond donors (Lipinski definition) is 0. The number of non-ortho nitro benzene ring substituents is 1. The Morgan fingerprint density at radius 3 is 2.46 bits per heavy atom. The molecular formula is C17H14ClNO4S. The van der Waals surface area contributed by atoms with Crippen molar-refractivity contribution in [2.45, 2.75) is 4.90 Å². The molecule has 0 fully saturated rings. The molecule has 2 rings (SSSR count). The zero-order chi connectivity index (χ0) is 17.4. The molecule has 24 heavy (non-hydrogen) atoms. The number of ether oxygens (including phenoxy) is 1. The summed E-state index contributed by atoms with van der Waals surface area (Å²) < 4.78 is 5.09. The molecule has 2 aromatic rings. The van der Waals surface area contributed by atoms with Gasteiger partial charge in [0.05, 0.1) is 4.92 Å². The Balaban J connectivity index is 1.72. The number of carbonyl (C=O) groups is 1. The maximum absolute atomic E-state index is 11.6. The number of halogens is 1. The molecule has 0 atom stereocenters. The third kappa shape index (κ3) is 6.06. The molecule has 0 aliphatic heterocycles. The Kier molecular flexibility index (Phi) is 6.84. The quantitative estimate of drug-likeness (QED) is 0.179. The van der Waals surface area contributed by atoms with Gasteiger partial charge < -0.3 is 4.74 Å². The van der Waals surface area contributed by atoms with Gasteiger partial charge in [-0.15, -0.1) is 11.8 Å². The van der Waals surface area contributed by atoms with Crippen molar-refractivity contribution < 1.29 is 14.5 Å². The van der Waals surface area contributed by atoms with Gasteiger partial charge in [0.2, 0.25) is 0 Å². The summed E-state index contributed by atoms with van der Waals surface area (Å²) >= 11 is 7.37. The number of thioether (sulfide) groups is 1. The zero-order valence-electron chi connectivity index (χ0n) is 12.6. The molecule has 0 radical (unpaired) electrons. The summed E-state index contributed by atoms with van der Waals surface area (Å²) in [5.74, 6) is 0.184. The van der Waals surface area contributed by atoms with Crippen LogP contribution in [0.5, 0.6) is 0 Å². The molecule has 0 spiro atoms. The minimum absolute atomic E-state index is 0.00829. The number of nitro benzene ring substituents is 1. The molecule has 0 aliphatic carbocycles. The van der Waals surface area contributed by atoms with Crippen molar-refractivity contribution in [1.82, 2.24) is 0 Å². The fourth-order valence-electron chi connectivity index (χ4n) is 1.75. The SMILES string of the molecule is O=C(/C=C/c1ccc([N+](=O)[O-])cc1)OCCSc1ccc(Cl)cc1. The lowest BCUT2D eigenvalue weighted by Gasteiger charge is -2.02. The number of benzene rings is 2. The number of nitrogens with zero attached hydrogens (tertiary/aromatic N) is 1. The minimum atomic E-state index is -0.472. The van der Waals surface area contributed by atoms with Crippen LogP contribution < -0.4 is 0 Å². The van der Waals surface area contributed by atoms with Crippen LogP contribution >= 0.6 is 23.4 Å². The number of hydrogen-bond acceptors (Lipinski definition) is 5. The first-order valence-corrected chi connectivity index (χ1v) is 8.38. The summed E-state index contributed by atoms with van der Waals surface area (Å²) in [5, 5.41) is 11.2. The maximum atomic E-state index is 11.6. The lowest BCUT2D eigenvalue weighted by molar-refractivity contribution is -0.384. The van der Waals surface area contributed by atoms with E-state index in [0.717, 1.165) is 4.90 Å². The van der Waals surface area contributed by atoms with Gasteiger partial charge in [-0.1, -0.05) is 11.6 Å². The zero-order valence-corrected chi connectivity index (χ0v) is 14.1. The molecule has 2 aromatic carbocycles. The van der Waals surface area contributed by atoms with Crippen LogP contribution in [-0.4, -0.2) is 23.3 Å². The van der Waals surface area contributed by atoms with Gasteiger partial charge in [0.25, 0.3) is 5.69 Å². The molecule has 0 amide bonds. The average Bonchev–Trinajstić information content (AvgIpc) is 2.59. The molecule has 124 valence electrons. The van der Waals surface area contributed by atoms with Crippen LogP contribution in [-0.2, 0) is 9.53 Å². The van der Waals surface area contributed by atoms with Gasteiger partial charge in [-0.25, -0.2) is 4.79 Å². The number of nitro groups is 1. The Bertz CT molecular complexity index is 729. The molecule has 0 aromatic heterocycles. The standard InChI is InChI=1S/C17H14ClNO4S/c18-14-4-8-16(9-5-14)24-12-11-23-17(20)10-3-13-1-6-15(7-2-13)19(21)22/h1-10H,11-12H2/b10-3+. The highest BCUT2D eigenvalue weighted by Gasteiger charge is 2.03. The van der Waals surface area contributed by atoms with Crippen molar-refractivity contribution in [3.05, 3.63) is 75.3 Å². The summed E-state index contributed by atoms with van der Waals surface area (Å²) in [6.45, 7) is 0.288. The average molecular weight is 364 g/mol. The van der Waals surface area contributed by atoms with Crippen LogP contribution in [0.4, 0.5) is 5.69 Å². The predicted octanol–water partition coefficient (Wildman–Crippen LogP) is 4.60. The van der Waals surface area contributed by atoms with E-state index >= 15 is 0 Å². The van der Waals surface area contributed by atoms with Crippen molar-refractivity contribution in [2.75, 3.05) is 12.4 Å². The predicted molar refractivity (Wildman–Crippen MR) is 95.3 cm³/mol. The Morgan fingerprint density at radius 2 is 1.83 bits per heavy atom. The van der Waals surface area contributed by atoms with E-state index in [-0.39, 0.29) is 12.3 Å². The van der Waals surface area contributed by atoms with Crippen LogP contribution in [0.25, 0.3) is 6.08 Å². The molecule has 0 saturated carbocycles. The highest BCUT2D eigenvalue weighted by atomic mass is 35.5. The van der Waals surface area contributed by atoms with Crippen molar-refractivity contribution in [3.8, 4) is 0 Å². The number of esters is 1. The smallest absolute Gasteiger partial charge is 0.330 e. The molecule has 0 bridgehead atoms. The number of rotatable bonds is 7. The van der Waals surface area contributed by atoms with E-state index < -0.39 is 10.9 Å². The maximum Gasteiger partial charge on any atom is 0.330 e. The van der Waals surface area contributed by atoms with Crippen molar-refractivity contribution in [2.24, 2.45) is 0 Å². The number of carbonyl (C=O) groups excluding carboxylic acids is 1. The van der Waals surface area contributed by atoms with Crippen molar-refractivity contribution >= 4 is 41.1 Å². The fourth-order valence-corrected chi connectivity index (χ4v) is 2.61. The van der Waals surface area contributed by atoms with Gasteiger partial charge in [0.15, 0.2) is 0 Å². The Hall–Kier alpha value is -2.31. The molecule has 0 heterocycles. The van der Waals surface area contributed by atoms with E-state index in [0.29, 0.717) is 16.3 Å². The first-order chi connectivity index (χ1) is 11.5. The topological polar surface area (TPSA) is 69.4 Å². The highest BCUT2D eigenvalue weighted by Crippen LogP contribution is 2.20. The van der Waals surface area contributed by atoms with E-state index in [1.54, 1.807) is 30.0 Å². The summed E-state index contributed by atoms with van der Waals surface area (Å²) in [7, 11) is 0. The highest BCUT2D eigenvalue weighted by molar-refractivity contribution is 7.99.